The van der Waals surface area contributed by atoms with Crippen LogP contribution in [-0.2, 0) is 18.7 Å². The monoisotopic (exact) mass is 341 g/mol. The van der Waals surface area contributed by atoms with Crippen LogP contribution < -0.4 is 5.26 Å². The second kappa shape index (κ2) is 6.01. The second-order valence-electron chi connectivity index (χ2n) is 4.08. The number of carbonyl (C=O) groups excluding carboxylic acids is 2. The molecule has 21 heavy (non-hydrogen) atoms. The zero-order valence-electron chi connectivity index (χ0n) is 9.92. The van der Waals surface area contributed by atoms with Crippen LogP contribution in [0.15, 0.2) is 0 Å². The van der Waals surface area contributed by atoms with Crippen LogP contribution in [0.2, 0.25) is 0 Å². The third-order valence-electron chi connectivity index (χ3n) is 2.74. The fourth-order valence-electron chi connectivity index (χ4n) is 1.69. The lowest BCUT2D eigenvalue weighted by molar-refractivity contribution is -0.631. The molecule has 0 amide bonds. The molecule has 1 fully saturated rings. The molecule has 0 N–H and O–H groups in total. The molecule has 0 aliphatic heterocycles. The molecule has 0 saturated heterocycles. The van der Waals surface area contributed by atoms with E-state index in [-0.39, 0.29) is 19.3 Å². The highest BCUT2D eigenvalue weighted by molar-refractivity contribution is 7.96. The minimum atomic E-state index is -6.21. The molecule has 12 heteroatoms. The first kappa shape index (κ1) is 18.0. The van der Waals surface area contributed by atoms with Crippen LogP contribution in [0.25, 0.3) is 0 Å². The van der Waals surface area contributed by atoms with Crippen LogP contribution in [0.5, 0.6) is 0 Å². The van der Waals surface area contributed by atoms with Crippen molar-refractivity contribution in [2.24, 2.45) is 0 Å². The van der Waals surface area contributed by atoms with Crippen LogP contribution in [0.4, 0.5) is 26.3 Å². The summed E-state index contributed by atoms with van der Waals surface area (Å²) in [7, 11) is 0. The molecule has 122 valence electrons. The average Bonchev–Trinajstić information content (AvgIpc) is 2.68. The molecule has 0 spiro atoms. The molecule has 1 rings (SSSR count). The molecule has 1 unspecified atom stereocenters. The number of ether oxygens (including phenoxy) is 1. The first-order valence-electron chi connectivity index (χ1n) is 5.32. The maximum absolute atomic E-state index is 12.7. The zero-order valence-corrected chi connectivity index (χ0v) is 10.7. The molecule has 0 aromatic rings. The van der Waals surface area contributed by atoms with Crippen molar-refractivity contribution in [3.63, 3.8) is 0 Å². The van der Waals surface area contributed by atoms with Gasteiger partial charge in [-0.05, 0) is 12.8 Å². The minimum Gasteiger partial charge on any atom is -0.710 e. The Hall–Kier alpha value is -1.01. The summed E-state index contributed by atoms with van der Waals surface area (Å²) in [6.45, 7) is 0. The van der Waals surface area contributed by atoms with E-state index in [0.717, 1.165) is 0 Å². The lowest BCUT2D eigenvalue weighted by Gasteiger charge is -2.34. The van der Waals surface area contributed by atoms with E-state index < -0.39 is 47.0 Å². The molecule has 5 nitrogen and oxygen atoms in total. The van der Waals surface area contributed by atoms with E-state index in [1.807, 2.05) is 0 Å². The summed E-state index contributed by atoms with van der Waals surface area (Å²) >= 11 is -1.66. The Morgan fingerprint density at radius 1 is 1.19 bits per heavy atom. The van der Waals surface area contributed by atoms with Gasteiger partial charge in [0, 0.05) is 18.5 Å². The molecule has 1 saturated carbocycles. The van der Waals surface area contributed by atoms with E-state index in [4.69, 9.17) is 0 Å². The Bertz CT molecular complexity index is 406. The number of esters is 1. The first-order valence-corrected chi connectivity index (χ1v) is 6.06. The van der Waals surface area contributed by atoms with Gasteiger partial charge >= 0.3 is 23.1 Å². The molecule has 0 heterocycles. The molecule has 0 radical (unpaired) electrons. The van der Waals surface area contributed by atoms with Crippen molar-refractivity contribution in [1.29, 1.82) is 0 Å². The SMILES string of the molecule is O=C1CCCC1OC(=O)C(SO[O-])(C(F)(F)F)C(F)(F)F. The molecule has 1 aliphatic rings. The second-order valence-corrected chi connectivity index (χ2v) is 5.00. The van der Waals surface area contributed by atoms with Crippen LogP contribution >= 0.6 is 12.0 Å². The number of ketones is 1. The van der Waals surface area contributed by atoms with Crippen molar-refractivity contribution in [2.75, 3.05) is 0 Å². The highest BCUT2D eigenvalue weighted by Crippen LogP contribution is 2.53. The summed E-state index contributed by atoms with van der Waals surface area (Å²) in [5.41, 5.74) is 0. The molecule has 0 aromatic carbocycles. The molecular formula is C9H7F6O5S-. The Morgan fingerprint density at radius 3 is 2.05 bits per heavy atom. The number of alkyl halides is 6. The third kappa shape index (κ3) is 3.26. The Morgan fingerprint density at radius 2 is 1.71 bits per heavy atom. The summed E-state index contributed by atoms with van der Waals surface area (Å²) in [4.78, 5) is 22.6. The largest absolute Gasteiger partial charge is 0.710 e. The Kier molecular flexibility index (Phi) is 5.16. The third-order valence-corrected chi connectivity index (χ3v) is 3.69. The Labute approximate surface area is 117 Å². The van der Waals surface area contributed by atoms with Crippen molar-refractivity contribution >= 4 is 23.8 Å². The molecular weight excluding hydrogens is 334 g/mol. The van der Waals surface area contributed by atoms with Gasteiger partial charge in [0.2, 0.25) is 0 Å². The summed E-state index contributed by atoms with van der Waals surface area (Å²) in [5.74, 6) is -3.58. The van der Waals surface area contributed by atoms with Gasteiger partial charge in [-0.25, -0.2) is 4.79 Å². The van der Waals surface area contributed by atoms with Crippen molar-refractivity contribution in [3.05, 3.63) is 0 Å². The average molecular weight is 341 g/mol. The summed E-state index contributed by atoms with van der Waals surface area (Å²) in [6.07, 6.45) is -14.2. The molecule has 1 atom stereocenters. The van der Waals surface area contributed by atoms with Crippen LogP contribution in [0.3, 0.4) is 0 Å². The van der Waals surface area contributed by atoms with Gasteiger partial charge in [-0.1, -0.05) is 0 Å². The zero-order chi connectivity index (χ0) is 16.5. The Balaban J connectivity index is 3.16. The smallest absolute Gasteiger partial charge is 0.425 e. The fraction of sp³-hybridized carbons (Fsp3) is 0.778. The lowest BCUT2D eigenvalue weighted by Crippen LogP contribution is -2.61. The van der Waals surface area contributed by atoms with Gasteiger partial charge in [-0.3, -0.25) is 4.79 Å². The number of carbonyl (C=O) groups is 2. The normalized spacial score (nSPS) is 20.7. The van der Waals surface area contributed by atoms with Gasteiger partial charge in [0.15, 0.2) is 11.9 Å². The van der Waals surface area contributed by atoms with Gasteiger partial charge in [-0.2, -0.15) is 26.3 Å². The van der Waals surface area contributed by atoms with Gasteiger partial charge < -0.3 is 14.3 Å². The number of halogens is 6. The summed E-state index contributed by atoms with van der Waals surface area (Å²) in [5, 5.41) is 9.83. The predicted molar refractivity (Wildman–Crippen MR) is 52.3 cm³/mol. The van der Waals surface area contributed by atoms with Gasteiger partial charge in [0.25, 0.3) is 0 Å². The summed E-state index contributed by atoms with van der Waals surface area (Å²) < 4.78 is 77.8. The maximum Gasteiger partial charge on any atom is 0.425 e. The molecule has 0 aromatic heterocycles. The fourth-order valence-corrected chi connectivity index (χ4v) is 2.10. The van der Waals surface area contributed by atoms with Crippen molar-refractivity contribution < 1.29 is 50.3 Å². The predicted octanol–water partition coefficient (Wildman–Crippen LogP) is 1.45. The van der Waals surface area contributed by atoms with Crippen LogP contribution in [0.1, 0.15) is 19.3 Å². The number of rotatable bonds is 4. The highest BCUT2D eigenvalue weighted by atomic mass is 32.2. The topological polar surface area (TPSA) is 75.7 Å². The number of Topliss-reactive ketones (excluding diaryl/α,β-unsaturated/α-hetero) is 1. The summed E-state index contributed by atoms with van der Waals surface area (Å²) in [6, 6.07) is 0. The van der Waals surface area contributed by atoms with Crippen LogP contribution in [-0.4, -0.2) is 35.0 Å². The lowest BCUT2D eigenvalue weighted by atomic mass is 10.1. The van der Waals surface area contributed by atoms with E-state index in [1.54, 1.807) is 0 Å². The van der Waals surface area contributed by atoms with E-state index in [0.29, 0.717) is 0 Å². The van der Waals surface area contributed by atoms with E-state index >= 15 is 0 Å². The van der Waals surface area contributed by atoms with Gasteiger partial charge in [-0.15, -0.1) is 0 Å². The van der Waals surface area contributed by atoms with Crippen molar-refractivity contribution in [3.8, 4) is 0 Å². The molecule has 0 bridgehead atoms. The minimum absolute atomic E-state index is 0.117. The van der Waals surface area contributed by atoms with E-state index in [1.165, 1.54) is 0 Å². The van der Waals surface area contributed by atoms with Crippen molar-refractivity contribution in [1.82, 2.24) is 0 Å². The van der Waals surface area contributed by atoms with Crippen LogP contribution in [0, 0.1) is 0 Å². The highest BCUT2D eigenvalue weighted by Gasteiger charge is 2.78. The maximum atomic E-state index is 12.7. The quantitative estimate of drug-likeness (QED) is 0.253. The molecule has 1 aliphatic carbocycles. The standard InChI is InChI=1S/C9H8F6O5S/c10-8(11,12)7(21-20-18,9(13,14)15)6(17)19-5-3-1-2-4(5)16/h5,18H,1-3H2/p-1. The van der Waals surface area contributed by atoms with E-state index in [2.05, 4.69) is 9.07 Å². The van der Waals surface area contributed by atoms with Gasteiger partial charge in [0.1, 0.15) is 0 Å². The number of hydrogen-bond donors (Lipinski definition) is 0. The first-order chi connectivity index (χ1) is 9.47. The van der Waals surface area contributed by atoms with E-state index in [9.17, 15) is 41.2 Å². The van der Waals surface area contributed by atoms with Gasteiger partial charge in [0.05, 0.1) is 0 Å². The van der Waals surface area contributed by atoms with Crippen molar-refractivity contribution in [2.45, 2.75) is 42.5 Å². The number of hydrogen-bond acceptors (Lipinski definition) is 6.